The van der Waals surface area contributed by atoms with Crippen LogP contribution in [0, 0.1) is 0 Å². The smallest absolute Gasteiger partial charge is 0.297 e. The third-order valence-corrected chi connectivity index (χ3v) is 5.85. The number of likely N-dealkylation sites (tertiary alicyclic amines) is 1. The second kappa shape index (κ2) is 8.60. The number of hydrogen-bond donors (Lipinski definition) is 0. The first-order valence-corrected chi connectivity index (χ1v) is 10.2. The maximum Gasteiger partial charge on any atom is 0.416 e. The Morgan fingerprint density at radius 3 is 2.23 bits per heavy atom. The highest BCUT2D eigenvalue weighted by Gasteiger charge is 2.30. The molecule has 2 aromatic heterocycles. The molecule has 3 heterocycles. The molecule has 0 saturated carbocycles. The molecule has 0 spiro atoms. The van der Waals surface area contributed by atoms with Gasteiger partial charge in [0.05, 0.1) is 11.3 Å². The average Bonchev–Trinajstić information content (AvgIpc) is 3.13. The summed E-state index contributed by atoms with van der Waals surface area (Å²) in [5, 5.41) is 4.23. The fourth-order valence-corrected chi connectivity index (χ4v) is 4.00. The van der Waals surface area contributed by atoms with Gasteiger partial charge < -0.3 is 0 Å². The van der Waals surface area contributed by atoms with E-state index in [2.05, 4.69) is 27.1 Å². The Kier molecular flexibility index (Phi) is 5.90. The maximum atomic E-state index is 12.7. The summed E-state index contributed by atoms with van der Waals surface area (Å²) in [7, 11) is 1.97. The molecule has 30 heavy (non-hydrogen) atoms. The molecule has 1 saturated heterocycles. The highest BCUT2D eigenvalue weighted by molar-refractivity contribution is 5.29. The zero-order chi connectivity index (χ0) is 21.1. The molecule has 1 fully saturated rings. The van der Waals surface area contributed by atoms with Gasteiger partial charge in [-0.05, 0) is 67.7 Å². The standard InChI is InChI=1S/C23H25F3N4/c1-29-21(8-11-28-29)16-30-12-9-19(10-13-30)22-7-4-18(15-27-22)14-17-2-5-20(6-3-17)23(24,25)26/h2-8,11,15,19H,9-10,12-14,16H2,1H3. The lowest BCUT2D eigenvalue weighted by Crippen LogP contribution is -2.33. The molecule has 0 N–H and O–H groups in total. The van der Waals surface area contributed by atoms with Crippen LogP contribution < -0.4 is 0 Å². The molecule has 0 aliphatic carbocycles. The molecule has 3 aromatic rings. The maximum absolute atomic E-state index is 12.7. The van der Waals surface area contributed by atoms with Crippen LogP contribution in [0.25, 0.3) is 0 Å². The third kappa shape index (κ3) is 4.90. The van der Waals surface area contributed by atoms with Crippen LogP contribution in [0.2, 0.25) is 0 Å². The summed E-state index contributed by atoms with van der Waals surface area (Å²) in [4.78, 5) is 7.11. The van der Waals surface area contributed by atoms with Crippen LogP contribution in [0.1, 0.15) is 46.8 Å². The molecule has 7 heteroatoms. The molecular formula is C23H25F3N4. The van der Waals surface area contributed by atoms with E-state index in [4.69, 9.17) is 0 Å². The number of hydrogen-bond acceptors (Lipinski definition) is 3. The van der Waals surface area contributed by atoms with Crippen LogP contribution in [0.4, 0.5) is 13.2 Å². The van der Waals surface area contributed by atoms with E-state index < -0.39 is 11.7 Å². The minimum absolute atomic E-state index is 0.452. The Morgan fingerprint density at radius 1 is 0.967 bits per heavy atom. The van der Waals surface area contributed by atoms with Gasteiger partial charge in [0.25, 0.3) is 0 Å². The Hall–Kier alpha value is -2.67. The van der Waals surface area contributed by atoms with Gasteiger partial charge in [-0.1, -0.05) is 18.2 Å². The van der Waals surface area contributed by atoms with Crippen LogP contribution in [-0.2, 0) is 26.2 Å². The number of aromatic nitrogens is 3. The fraction of sp³-hybridized carbons (Fsp3) is 0.391. The molecule has 4 rings (SSSR count). The zero-order valence-corrected chi connectivity index (χ0v) is 16.9. The van der Waals surface area contributed by atoms with Crippen molar-refractivity contribution in [3.05, 3.63) is 82.9 Å². The zero-order valence-electron chi connectivity index (χ0n) is 16.9. The first kappa shape index (κ1) is 20.6. The number of aryl methyl sites for hydroxylation is 1. The van der Waals surface area contributed by atoms with Crippen molar-refractivity contribution in [3.63, 3.8) is 0 Å². The Bertz CT molecular complexity index is 953. The number of benzene rings is 1. The van der Waals surface area contributed by atoms with Crippen molar-refractivity contribution in [2.75, 3.05) is 13.1 Å². The van der Waals surface area contributed by atoms with Gasteiger partial charge in [-0.15, -0.1) is 0 Å². The van der Waals surface area contributed by atoms with Crippen LogP contribution in [-0.4, -0.2) is 32.8 Å². The lowest BCUT2D eigenvalue weighted by molar-refractivity contribution is -0.137. The number of piperidine rings is 1. The molecule has 0 bridgehead atoms. The van der Waals surface area contributed by atoms with E-state index in [1.165, 1.54) is 17.8 Å². The van der Waals surface area contributed by atoms with E-state index in [1.807, 2.05) is 30.2 Å². The van der Waals surface area contributed by atoms with Gasteiger partial charge in [-0.3, -0.25) is 14.6 Å². The van der Waals surface area contributed by atoms with Crippen molar-refractivity contribution >= 4 is 0 Å². The van der Waals surface area contributed by atoms with Gasteiger partial charge >= 0.3 is 6.18 Å². The van der Waals surface area contributed by atoms with E-state index in [-0.39, 0.29) is 0 Å². The lowest BCUT2D eigenvalue weighted by Gasteiger charge is -2.31. The second-order valence-corrected chi connectivity index (χ2v) is 7.96. The summed E-state index contributed by atoms with van der Waals surface area (Å²) >= 11 is 0. The van der Waals surface area contributed by atoms with Gasteiger partial charge in [0.2, 0.25) is 0 Å². The van der Waals surface area contributed by atoms with Crippen molar-refractivity contribution < 1.29 is 13.2 Å². The summed E-state index contributed by atoms with van der Waals surface area (Å²) in [5.74, 6) is 0.452. The monoisotopic (exact) mass is 414 g/mol. The van der Waals surface area contributed by atoms with Crippen LogP contribution in [0.5, 0.6) is 0 Å². The van der Waals surface area contributed by atoms with Gasteiger partial charge in [-0.2, -0.15) is 18.3 Å². The van der Waals surface area contributed by atoms with E-state index in [9.17, 15) is 13.2 Å². The quantitative estimate of drug-likeness (QED) is 0.601. The SMILES string of the molecule is Cn1nccc1CN1CCC(c2ccc(Cc3ccc(C(F)(F)F)cc3)cn2)CC1. The largest absolute Gasteiger partial charge is 0.416 e. The molecule has 4 nitrogen and oxygen atoms in total. The molecular weight excluding hydrogens is 389 g/mol. The average molecular weight is 414 g/mol. The highest BCUT2D eigenvalue weighted by atomic mass is 19.4. The second-order valence-electron chi connectivity index (χ2n) is 7.96. The van der Waals surface area contributed by atoms with Gasteiger partial charge in [-0.25, -0.2) is 0 Å². The van der Waals surface area contributed by atoms with Gasteiger partial charge in [0.15, 0.2) is 0 Å². The minimum atomic E-state index is -4.30. The number of alkyl halides is 3. The van der Waals surface area contributed by atoms with E-state index in [0.29, 0.717) is 12.3 Å². The molecule has 158 valence electrons. The lowest BCUT2D eigenvalue weighted by atomic mass is 9.92. The van der Waals surface area contributed by atoms with Crippen molar-refractivity contribution in [2.45, 2.75) is 37.9 Å². The van der Waals surface area contributed by atoms with Crippen LogP contribution in [0.15, 0.2) is 54.9 Å². The summed E-state index contributed by atoms with van der Waals surface area (Å²) < 4.78 is 40.0. The Labute approximate surface area is 174 Å². The molecule has 1 aliphatic rings. The topological polar surface area (TPSA) is 34.0 Å². The number of pyridine rings is 1. The fourth-order valence-electron chi connectivity index (χ4n) is 4.00. The third-order valence-electron chi connectivity index (χ3n) is 5.85. The van der Waals surface area contributed by atoms with E-state index in [1.54, 1.807) is 0 Å². The number of nitrogens with zero attached hydrogens (tertiary/aromatic N) is 4. The number of rotatable bonds is 5. The van der Waals surface area contributed by atoms with Gasteiger partial charge in [0.1, 0.15) is 0 Å². The number of halogens is 3. The van der Waals surface area contributed by atoms with Crippen molar-refractivity contribution in [2.24, 2.45) is 7.05 Å². The predicted molar refractivity (Wildman–Crippen MR) is 109 cm³/mol. The summed E-state index contributed by atoms with van der Waals surface area (Å²) in [5.41, 5.74) is 3.56. The van der Waals surface area contributed by atoms with E-state index >= 15 is 0 Å². The van der Waals surface area contributed by atoms with Crippen LogP contribution in [0.3, 0.4) is 0 Å². The van der Waals surface area contributed by atoms with E-state index in [0.717, 1.165) is 61.4 Å². The first-order chi connectivity index (χ1) is 14.4. The van der Waals surface area contributed by atoms with Crippen LogP contribution >= 0.6 is 0 Å². The molecule has 0 unspecified atom stereocenters. The molecule has 1 aromatic carbocycles. The van der Waals surface area contributed by atoms with Crippen molar-refractivity contribution in [3.8, 4) is 0 Å². The highest BCUT2D eigenvalue weighted by Crippen LogP contribution is 2.30. The Balaban J connectivity index is 1.31. The summed E-state index contributed by atoms with van der Waals surface area (Å²) in [6.45, 7) is 2.98. The van der Waals surface area contributed by atoms with Crippen molar-refractivity contribution in [1.82, 2.24) is 19.7 Å². The predicted octanol–water partition coefficient (Wildman–Crippen LogP) is 4.80. The molecule has 1 aliphatic heterocycles. The summed E-state index contributed by atoms with van der Waals surface area (Å²) in [6.07, 6.45) is 2.11. The Morgan fingerprint density at radius 2 is 1.67 bits per heavy atom. The molecule has 0 radical (unpaired) electrons. The summed E-state index contributed by atoms with van der Waals surface area (Å²) in [6, 6.07) is 11.5. The van der Waals surface area contributed by atoms with Gasteiger partial charge in [0, 0.05) is 37.6 Å². The normalized spacial score (nSPS) is 16.1. The molecule has 0 atom stereocenters. The molecule has 0 amide bonds. The van der Waals surface area contributed by atoms with Crippen molar-refractivity contribution in [1.29, 1.82) is 0 Å². The minimum Gasteiger partial charge on any atom is -0.297 e. The first-order valence-electron chi connectivity index (χ1n) is 10.2.